The summed E-state index contributed by atoms with van der Waals surface area (Å²) in [6.45, 7) is 1.99. The molecular formula is C9H15O. The molecule has 1 rings (SSSR count). The smallest absolute Gasteiger partial charge is 0.136 e. The highest BCUT2D eigenvalue weighted by Crippen LogP contribution is 2.21. The van der Waals surface area contributed by atoms with E-state index in [-0.39, 0.29) is 5.92 Å². The van der Waals surface area contributed by atoms with E-state index in [9.17, 15) is 4.79 Å². The molecule has 1 heteroatoms. The number of rotatable bonds is 1. The van der Waals surface area contributed by atoms with Crippen LogP contribution >= 0.6 is 0 Å². The normalized spacial score (nSPS) is 28.1. The maximum absolute atomic E-state index is 11.2. The predicted molar refractivity (Wildman–Crippen MR) is 41.6 cm³/mol. The summed E-state index contributed by atoms with van der Waals surface area (Å²) >= 11 is 0. The van der Waals surface area contributed by atoms with Crippen LogP contribution in [0, 0.1) is 12.3 Å². The summed E-state index contributed by atoms with van der Waals surface area (Å²) in [4.78, 5) is 11.2. The molecule has 0 aromatic rings. The van der Waals surface area contributed by atoms with Gasteiger partial charge in [0.05, 0.1) is 0 Å². The van der Waals surface area contributed by atoms with E-state index in [0.29, 0.717) is 5.78 Å². The van der Waals surface area contributed by atoms with Crippen LogP contribution in [0.5, 0.6) is 0 Å². The fourth-order valence-corrected chi connectivity index (χ4v) is 1.54. The average Bonchev–Trinajstić information content (AvgIpc) is 2.13. The second kappa shape index (κ2) is 3.75. The molecule has 0 aromatic carbocycles. The van der Waals surface area contributed by atoms with Gasteiger partial charge in [0.15, 0.2) is 0 Å². The van der Waals surface area contributed by atoms with Gasteiger partial charge < -0.3 is 0 Å². The highest BCUT2D eigenvalue weighted by atomic mass is 16.1. The number of hydrogen-bond acceptors (Lipinski definition) is 1. The SMILES string of the molecule is C[CH]C1CCCCCC1=O. The molecular weight excluding hydrogens is 124 g/mol. The van der Waals surface area contributed by atoms with Crippen molar-refractivity contribution < 1.29 is 4.79 Å². The van der Waals surface area contributed by atoms with Crippen LogP contribution in [-0.2, 0) is 4.79 Å². The third-order valence-electron chi connectivity index (χ3n) is 2.25. The third kappa shape index (κ3) is 1.83. The Hall–Kier alpha value is -0.330. The van der Waals surface area contributed by atoms with E-state index in [1.165, 1.54) is 12.8 Å². The Bertz CT molecular complexity index is 118. The van der Waals surface area contributed by atoms with Crippen LogP contribution in [0.2, 0.25) is 0 Å². The van der Waals surface area contributed by atoms with Gasteiger partial charge in [0.1, 0.15) is 5.78 Å². The Kier molecular flexibility index (Phi) is 2.91. The van der Waals surface area contributed by atoms with Gasteiger partial charge in [-0.05, 0) is 19.3 Å². The number of carbonyl (C=O) groups excluding carboxylic acids is 1. The van der Waals surface area contributed by atoms with Gasteiger partial charge in [-0.2, -0.15) is 0 Å². The first kappa shape index (κ1) is 7.77. The van der Waals surface area contributed by atoms with Crippen LogP contribution < -0.4 is 0 Å². The second-order valence-corrected chi connectivity index (χ2v) is 3.01. The summed E-state index contributed by atoms with van der Waals surface area (Å²) in [6.07, 6.45) is 7.55. The molecule has 0 N–H and O–H groups in total. The number of hydrogen-bond donors (Lipinski definition) is 0. The first-order valence-corrected chi connectivity index (χ1v) is 4.17. The Labute approximate surface area is 62.8 Å². The van der Waals surface area contributed by atoms with E-state index in [1.54, 1.807) is 0 Å². The standard InChI is InChI=1S/C9H15O/c1-2-8-6-4-3-5-7-9(8)10/h2,8H,3-7H2,1H3. The molecule has 1 aliphatic rings. The molecule has 0 aliphatic heterocycles. The van der Waals surface area contributed by atoms with E-state index >= 15 is 0 Å². The zero-order valence-corrected chi connectivity index (χ0v) is 6.60. The van der Waals surface area contributed by atoms with Gasteiger partial charge in [-0.15, -0.1) is 0 Å². The van der Waals surface area contributed by atoms with Crippen LogP contribution in [0.15, 0.2) is 0 Å². The van der Waals surface area contributed by atoms with Crippen molar-refractivity contribution in [1.29, 1.82) is 0 Å². The van der Waals surface area contributed by atoms with Crippen molar-refractivity contribution in [1.82, 2.24) is 0 Å². The molecule has 0 bridgehead atoms. The van der Waals surface area contributed by atoms with Crippen LogP contribution in [0.4, 0.5) is 0 Å². The Morgan fingerprint density at radius 1 is 1.40 bits per heavy atom. The minimum Gasteiger partial charge on any atom is -0.299 e. The molecule has 0 amide bonds. The van der Waals surface area contributed by atoms with Crippen LogP contribution in [0.1, 0.15) is 39.0 Å². The van der Waals surface area contributed by atoms with E-state index in [2.05, 4.69) is 0 Å². The minimum absolute atomic E-state index is 0.280. The molecule has 1 fully saturated rings. The molecule has 57 valence electrons. The first-order chi connectivity index (χ1) is 4.84. The molecule has 0 heterocycles. The topological polar surface area (TPSA) is 17.1 Å². The van der Waals surface area contributed by atoms with Crippen molar-refractivity contribution in [2.24, 2.45) is 5.92 Å². The van der Waals surface area contributed by atoms with Crippen molar-refractivity contribution in [3.63, 3.8) is 0 Å². The van der Waals surface area contributed by atoms with Crippen molar-refractivity contribution in [3.8, 4) is 0 Å². The lowest BCUT2D eigenvalue weighted by Gasteiger charge is -2.07. The Morgan fingerprint density at radius 3 is 2.90 bits per heavy atom. The molecule has 0 aromatic heterocycles. The first-order valence-electron chi connectivity index (χ1n) is 4.17. The summed E-state index contributed by atoms with van der Waals surface area (Å²) < 4.78 is 0. The molecule has 1 aliphatic carbocycles. The van der Waals surface area contributed by atoms with Crippen LogP contribution in [0.3, 0.4) is 0 Å². The molecule has 10 heavy (non-hydrogen) atoms. The molecule has 0 saturated heterocycles. The van der Waals surface area contributed by atoms with Gasteiger partial charge in [0.2, 0.25) is 0 Å². The lowest BCUT2D eigenvalue weighted by Crippen LogP contribution is -2.11. The second-order valence-electron chi connectivity index (χ2n) is 3.01. The van der Waals surface area contributed by atoms with Gasteiger partial charge in [0.25, 0.3) is 0 Å². The summed E-state index contributed by atoms with van der Waals surface area (Å²) in [5.41, 5.74) is 0. The van der Waals surface area contributed by atoms with Gasteiger partial charge in [0, 0.05) is 12.3 Å². The van der Waals surface area contributed by atoms with Crippen molar-refractivity contribution in [2.45, 2.75) is 39.0 Å². The van der Waals surface area contributed by atoms with E-state index in [4.69, 9.17) is 0 Å². The Morgan fingerprint density at radius 2 is 2.20 bits per heavy atom. The third-order valence-corrected chi connectivity index (χ3v) is 2.25. The summed E-state index contributed by atoms with van der Waals surface area (Å²) in [5, 5.41) is 0. The van der Waals surface area contributed by atoms with Crippen molar-refractivity contribution >= 4 is 5.78 Å². The quantitative estimate of drug-likeness (QED) is 0.510. The highest BCUT2D eigenvalue weighted by molar-refractivity contribution is 5.82. The van der Waals surface area contributed by atoms with Crippen molar-refractivity contribution in [3.05, 3.63) is 6.42 Å². The fraction of sp³-hybridized carbons (Fsp3) is 0.778. The maximum Gasteiger partial charge on any atom is 0.136 e. The van der Waals surface area contributed by atoms with Crippen molar-refractivity contribution in [2.75, 3.05) is 0 Å². The van der Waals surface area contributed by atoms with Gasteiger partial charge >= 0.3 is 0 Å². The molecule has 1 nitrogen and oxygen atoms in total. The van der Waals surface area contributed by atoms with Crippen LogP contribution in [0.25, 0.3) is 0 Å². The summed E-state index contributed by atoms with van der Waals surface area (Å²) in [6, 6.07) is 0. The molecule has 0 spiro atoms. The predicted octanol–water partition coefficient (Wildman–Crippen LogP) is 2.36. The van der Waals surface area contributed by atoms with E-state index < -0.39 is 0 Å². The molecule has 1 radical (unpaired) electrons. The van der Waals surface area contributed by atoms with E-state index in [1.807, 2.05) is 13.3 Å². The zero-order valence-electron chi connectivity index (χ0n) is 6.60. The Balaban J connectivity index is 2.43. The lowest BCUT2D eigenvalue weighted by molar-refractivity contribution is -0.121. The van der Waals surface area contributed by atoms with Gasteiger partial charge in [-0.25, -0.2) is 0 Å². The van der Waals surface area contributed by atoms with Crippen LogP contribution in [-0.4, -0.2) is 5.78 Å². The lowest BCUT2D eigenvalue weighted by atomic mass is 9.96. The fourth-order valence-electron chi connectivity index (χ4n) is 1.54. The number of carbonyl (C=O) groups is 1. The summed E-state index contributed by atoms with van der Waals surface area (Å²) in [5.74, 6) is 0.738. The minimum atomic E-state index is 0.280. The highest BCUT2D eigenvalue weighted by Gasteiger charge is 2.18. The van der Waals surface area contributed by atoms with Gasteiger partial charge in [-0.3, -0.25) is 4.79 Å². The molecule has 1 atom stereocenters. The largest absolute Gasteiger partial charge is 0.299 e. The molecule has 1 saturated carbocycles. The zero-order chi connectivity index (χ0) is 7.40. The summed E-state index contributed by atoms with van der Waals surface area (Å²) in [7, 11) is 0. The number of Topliss-reactive ketones (excluding diaryl/α,β-unsaturated/α-hetero) is 1. The maximum atomic E-state index is 11.2. The monoisotopic (exact) mass is 139 g/mol. The molecule has 1 unspecified atom stereocenters. The average molecular weight is 139 g/mol. The number of ketones is 1. The van der Waals surface area contributed by atoms with E-state index in [0.717, 1.165) is 19.3 Å². The van der Waals surface area contributed by atoms with Gasteiger partial charge in [-0.1, -0.05) is 19.8 Å².